The number of benzene rings is 1. The first-order valence-electron chi connectivity index (χ1n) is 5.63. The second-order valence-electron chi connectivity index (χ2n) is 3.81. The first kappa shape index (κ1) is 13.3. The van der Waals surface area contributed by atoms with E-state index in [1.165, 1.54) is 6.08 Å². The fourth-order valence-electron chi connectivity index (χ4n) is 1.39. The summed E-state index contributed by atoms with van der Waals surface area (Å²) in [6, 6.07) is 5.83. The topological polar surface area (TPSA) is 35.5 Å². The van der Waals surface area contributed by atoms with E-state index in [-0.39, 0.29) is 5.97 Å². The Morgan fingerprint density at radius 2 is 2.06 bits per heavy atom. The van der Waals surface area contributed by atoms with Crippen molar-refractivity contribution in [3.63, 3.8) is 0 Å². The highest BCUT2D eigenvalue weighted by Crippen LogP contribution is 2.22. The van der Waals surface area contributed by atoms with Gasteiger partial charge in [-0.3, -0.25) is 0 Å². The smallest absolute Gasteiger partial charge is 0.334 e. The number of carbonyl (C=O) groups excluding carboxylic acids is 1. The maximum Gasteiger partial charge on any atom is 0.334 e. The van der Waals surface area contributed by atoms with Crippen molar-refractivity contribution in [2.45, 2.75) is 27.7 Å². The van der Waals surface area contributed by atoms with Crippen LogP contribution in [0, 0.1) is 13.8 Å². The van der Waals surface area contributed by atoms with Gasteiger partial charge in [0.1, 0.15) is 11.5 Å². The lowest BCUT2D eigenvalue weighted by atomic mass is 10.1. The Labute approximate surface area is 102 Å². The summed E-state index contributed by atoms with van der Waals surface area (Å²) in [5, 5.41) is 0. The number of esters is 1. The van der Waals surface area contributed by atoms with Crippen molar-refractivity contribution in [2.24, 2.45) is 0 Å². The zero-order chi connectivity index (χ0) is 12.8. The zero-order valence-corrected chi connectivity index (χ0v) is 10.7. The maximum absolute atomic E-state index is 11.2. The first-order valence-corrected chi connectivity index (χ1v) is 5.63. The third-order valence-corrected chi connectivity index (χ3v) is 2.43. The van der Waals surface area contributed by atoms with E-state index in [0.717, 1.165) is 16.9 Å². The predicted molar refractivity (Wildman–Crippen MR) is 66.9 cm³/mol. The van der Waals surface area contributed by atoms with Gasteiger partial charge >= 0.3 is 5.97 Å². The van der Waals surface area contributed by atoms with E-state index < -0.39 is 0 Å². The lowest BCUT2D eigenvalue weighted by molar-refractivity contribution is -0.137. The lowest BCUT2D eigenvalue weighted by Gasteiger charge is -2.10. The van der Waals surface area contributed by atoms with Crippen LogP contribution in [0.4, 0.5) is 0 Å². The van der Waals surface area contributed by atoms with Gasteiger partial charge in [-0.05, 0) is 44.9 Å². The monoisotopic (exact) mass is 234 g/mol. The fraction of sp³-hybridized carbons (Fsp3) is 0.357. The molecule has 0 aromatic heterocycles. The van der Waals surface area contributed by atoms with E-state index in [1.54, 1.807) is 13.8 Å². The molecule has 0 aliphatic heterocycles. The highest BCUT2D eigenvalue weighted by Gasteiger charge is 2.04. The molecule has 0 heterocycles. The zero-order valence-electron chi connectivity index (χ0n) is 10.7. The fourth-order valence-corrected chi connectivity index (χ4v) is 1.39. The Morgan fingerprint density at radius 1 is 1.35 bits per heavy atom. The Bertz CT molecular complexity index is 433. The molecular weight excluding hydrogens is 216 g/mol. The number of rotatable bonds is 4. The van der Waals surface area contributed by atoms with Crippen LogP contribution < -0.4 is 4.74 Å². The molecule has 1 rings (SSSR count). The van der Waals surface area contributed by atoms with E-state index >= 15 is 0 Å². The third-order valence-electron chi connectivity index (χ3n) is 2.43. The highest BCUT2D eigenvalue weighted by atomic mass is 16.5. The molecule has 0 fully saturated rings. The van der Waals surface area contributed by atoms with E-state index in [4.69, 9.17) is 9.47 Å². The molecule has 0 radical (unpaired) electrons. The minimum Gasteiger partial charge on any atom is -0.463 e. The summed E-state index contributed by atoms with van der Waals surface area (Å²) >= 11 is 0. The van der Waals surface area contributed by atoms with Crippen molar-refractivity contribution >= 4 is 5.97 Å². The molecule has 0 saturated heterocycles. The molecule has 0 bridgehead atoms. The average Bonchev–Trinajstić information content (AvgIpc) is 2.25. The van der Waals surface area contributed by atoms with Crippen molar-refractivity contribution in [3.05, 3.63) is 41.2 Å². The summed E-state index contributed by atoms with van der Waals surface area (Å²) in [6.45, 7) is 7.88. The largest absolute Gasteiger partial charge is 0.463 e. The predicted octanol–water partition coefficient (Wildman–Crippen LogP) is 3.15. The van der Waals surface area contributed by atoms with Crippen LogP contribution in [0.5, 0.6) is 5.75 Å². The molecule has 0 amide bonds. The maximum atomic E-state index is 11.2. The van der Waals surface area contributed by atoms with Gasteiger partial charge in [0.05, 0.1) is 12.7 Å². The van der Waals surface area contributed by atoms with Crippen LogP contribution in [0.25, 0.3) is 0 Å². The van der Waals surface area contributed by atoms with Crippen LogP contribution in [0.1, 0.15) is 25.0 Å². The number of ether oxygens (including phenoxy) is 2. The van der Waals surface area contributed by atoms with Crippen molar-refractivity contribution in [1.29, 1.82) is 0 Å². The van der Waals surface area contributed by atoms with Gasteiger partial charge in [-0.2, -0.15) is 0 Å². The Hall–Kier alpha value is -1.77. The molecular formula is C14H18O3. The molecule has 0 atom stereocenters. The standard InChI is InChI=1S/C14H18O3/c1-5-16-14(15)9-11(3)17-13-8-6-7-10(2)12(13)4/h6-9H,5H2,1-4H3. The Balaban J connectivity index is 2.77. The van der Waals surface area contributed by atoms with E-state index in [2.05, 4.69) is 0 Å². The van der Waals surface area contributed by atoms with E-state index in [0.29, 0.717) is 12.4 Å². The van der Waals surface area contributed by atoms with Crippen molar-refractivity contribution < 1.29 is 14.3 Å². The summed E-state index contributed by atoms with van der Waals surface area (Å²) in [4.78, 5) is 11.2. The molecule has 0 unspecified atom stereocenters. The average molecular weight is 234 g/mol. The van der Waals surface area contributed by atoms with Gasteiger partial charge in [0, 0.05) is 0 Å². The molecule has 0 aliphatic rings. The first-order chi connectivity index (χ1) is 8.04. The minimum absolute atomic E-state index is 0.367. The summed E-state index contributed by atoms with van der Waals surface area (Å²) in [5.74, 6) is 0.913. The normalized spacial score (nSPS) is 11.2. The van der Waals surface area contributed by atoms with Crippen LogP contribution in [0.3, 0.4) is 0 Å². The van der Waals surface area contributed by atoms with Crippen LogP contribution >= 0.6 is 0 Å². The molecule has 3 heteroatoms. The van der Waals surface area contributed by atoms with Crippen LogP contribution in [0.2, 0.25) is 0 Å². The lowest BCUT2D eigenvalue weighted by Crippen LogP contribution is -2.03. The second kappa shape index (κ2) is 6.09. The molecule has 0 spiro atoms. The molecule has 0 aliphatic carbocycles. The highest BCUT2D eigenvalue weighted by molar-refractivity contribution is 5.82. The van der Waals surface area contributed by atoms with Crippen molar-refractivity contribution in [1.82, 2.24) is 0 Å². The number of hydrogen-bond acceptors (Lipinski definition) is 3. The SMILES string of the molecule is CCOC(=O)C=C(C)Oc1cccc(C)c1C. The number of aryl methyl sites for hydroxylation is 1. The van der Waals surface area contributed by atoms with Gasteiger partial charge in [-0.1, -0.05) is 12.1 Å². The Morgan fingerprint density at radius 3 is 2.71 bits per heavy atom. The van der Waals surface area contributed by atoms with Gasteiger partial charge < -0.3 is 9.47 Å². The molecule has 1 aromatic carbocycles. The second-order valence-corrected chi connectivity index (χ2v) is 3.81. The van der Waals surface area contributed by atoms with Gasteiger partial charge in [-0.25, -0.2) is 4.79 Å². The number of hydrogen-bond donors (Lipinski definition) is 0. The van der Waals surface area contributed by atoms with Gasteiger partial charge in [0.15, 0.2) is 0 Å². The minimum atomic E-state index is -0.379. The molecule has 17 heavy (non-hydrogen) atoms. The van der Waals surface area contributed by atoms with Gasteiger partial charge in [0.2, 0.25) is 0 Å². The quantitative estimate of drug-likeness (QED) is 0.456. The number of carbonyl (C=O) groups is 1. The van der Waals surface area contributed by atoms with Crippen molar-refractivity contribution in [3.8, 4) is 5.75 Å². The Kier molecular flexibility index (Phi) is 4.76. The van der Waals surface area contributed by atoms with Crippen LogP contribution in [-0.4, -0.2) is 12.6 Å². The van der Waals surface area contributed by atoms with Crippen LogP contribution in [-0.2, 0) is 9.53 Å². The summed E-state index contributed by atoms with van der Waals surface area (Å²) < 4.78 is 10.4. The summed E-state index contributed by atoms with van der Waals surface area (Å²) in [7, 11) is 0. The summed E-state index contributed by atoms with van der Waals surface area (Å²) in [5.41, 5.74) is 2.23. The molecule has 1 aromatic rings. The van der Waals surface area contributed by atoms with Gasteiger partial charge in [0.25, 0.3) is 0 Å². The molecule has 3 nitrogen and oxygen atoms in total. The van der Waals surface area contributed by atoms with Gasteiger partial charge in [-0.15, -0.1) is 0 Å². The van der Waals surface area contributed by atoms with E-state index in [9.17, 15) is 4.79 Å². The molecule has 92 valence electrons. The number of allylic oxidation sites excluding steroid dienone is 1. The van der Waals surface area contributed by atoms with Crippen molar-refractivity contribution in [2.75, 3.05) is 6.61 Å². The molecule has 0 N–H and O–H groups in total. The third kappa shape index (κ3) is 3.94. The van der Waals surface area contributed by atoms with E-state index in [1.807, 2.05) is 32.0 Å². The summed E-state index contributed by atoms with van der Waals surface area (Å²) in [6.07, 6.45) is 1.35. The molecule has 0 saturated carbocycles. The van der Waals surface area contributed by atoms with Crippen LogP contribution in [0.15, 0.2) is 30.0 Å².